The minimum absolute atomic E-state index is 0.298. The van der Waals surface area contributed by atoms with Gasteiger partial charge >= 0.3 is 5.69 Å². The Balaban J connectivity index is 2.44. The van der Waals surface area contributed by atoms with Gasteiger partial charge in [-0.3, -0.25) is 4.57 Å². The summed E-state index contributed by atoms with van der Waals surface area (Å²) in [5.41, 5.74) is 0.0858. The van der Waals surface area contributed by atoms with Crippen LogP contribution in [0.4, 0.5) is 0 Å². The van der Waals surface area contributed by atoms with E-state index in [0.717, 1.165) is 0 Å². The number of hydrogen-bond donors (Lipinski definition) is 1. The van der Waals surface area contributed by atoms with Gasteiger partial charge in [0.2, 0.25) is 0 Å². The highest BCUT2D eigenvalue weighted by Crippen LogP contribution is 2.31. The van der Waals surface area contributed by atoms with Crippen LogP contribution in [0, 0.1) is 11.3 Å². The van der Waals surface area contributed by atoms with Crippen molar-refractivity contribution < 1.29 is 0 Å². The van der Waals surface area contributed by atoms with Gasteiger partial charge in [-0.2, -0.15) is 5.26 Å². The number of rotatable bonds is 2. The van der Waals surface area contributed by atoms with Crippen molar-refractivity contribution in [2.75, 3.05) is 0 Å². The average Bonchev–Trinajstić information content (AvgIpc) is 2.61. The van der Waals surface area contributed by atoms with Gasteiger partial charge < -0.3 is 0 Å². The van der Waals surface area contributed by atoms with Crippen LogP contribution in [0.2, 0.25) is 5.02 Å². The lowest BCUT2D eigenvalue weighted by Crippen LogP contribution is -2.12. The zero-order valence-corrected chi connectivity index (χ0v) is 10.3. The number of nitriles is 1. The van der Waals surface area contributed by atoms with Crippen LogP contribution in [0.3, 0.4) is 0 Å². The summed E-state index contributed by atoms with van der Waals surface area (Å²) in [5.74, 6) is 0. The van der Waals surface area contributed by atoms with E-state index in [1.54, 1.807) is 25.2 Å². The minimum Gasteiger partial charge on any atom is -0.273 e. The molecule has 1 N–H and O–H groups in total. The fraction of sp³-hybridized carbons (Fsp3) is 0.100. The van der Waals surface area contributed by atoms with E-state index in [-0.39, 0.29) is 5.69 Å². The van der Waals surface area contributed by atoms with Crippen molar-refractivity contribution in [3.63, 3.8) is 0 Å². The van der Waals surface area contributed by atoms with Gasteiger partial charge in [-0.05, 0) is 23.9 Å². The molecule has 0 aliphatic heterocycles. The monoisotopic (exact) mass is 266 g/mol. The first kappa shape index (κ1) is 11.8. The van der Waals surface area contributed by atoms with Crippen LogP contribution in [0.25, 0.3) is 0 Å². The molecule has 7 heteroatoms. The van der Waals surface area contributed by atoms with Gasteiger partial charge in [-0.15, -0.1) is 5.10 Å². The molecule has 0 aliphatic carbocycles. The molecule has 0 unspecified atom stereocenters. The number of H-pyrrole nitrogens is 1. The Hall–Kier alpha value is -1.71. The first-order valence-electron chi connectivity index (χ1n) is 4.61. The number of benzene rings is 1. The Morgan fingerprint density at radius 2 is 2.35 bits per heavy atom. The Morgan fingerprint density at radius 1 is 1.59 bits per heavy atom. The van der Waals surface area contributed by atoms with E-state index in [1.807, 2.05) is 6.07 Å². The third kappa shape index (κ3) is 2.20. The van der Waals surface area contributed by atoms with Crippen molar-refractivity contribution in [2.45, 2.75) is 10.1 Å². The van der Waals surface area contributed by atoms with E-state index in [9.17, 15) is 4.79 Å². The van der Waals surface area contributed by atoms with Crippen LogP contribution in [0.15, 0.2) is 33.0 Å². The molecule has 86 valence electrons. The van der Waals surface area contributed by atoms with Crippen molar-refractivity contribution in [1.29, 1.82) is 5.26 Å². The van der Waals surface area contributed by atoms with E-state index < -0.39 is 0 Å². The molecule has 1 heterocycles. The molecule has 17 heavy (non-hydrogen) atoms. The molecule has 2 rings (SSSR count). The highest BCUT2D eigenvalue weighted by molar-refractivity contribution is 7.99. The first-order valence-corrected chi connectivity index (χ1v) is 5.81. The molecule has 0 radical (unpaired) electrons. The molecular weight excluding hydrogens is 260 g/mol. The lowest BCUT2D eigenvalue weighted by Gasteiger charge is -2.03. The fourth-order valence-electron chi connectivity index (χ4n) is 1.22. The van der Waals surface area contributed by atoms with Crippen molar-refractivity contribution in [3.8, 4) is 6.07 Å². The number of nitrogens with zero attached hydrogens (tertiary/aromatic N) is 3. The topological polar surface area (TPSA) is 74.5 Å². The minimum atomic E-state index is -0.298. The van der Waals surface area contributed by atoms with Crippen molar-refractivity contribution in [2.24, 2.45) is 7.05 Å². The van der Waals surface area contributed by atoms with Crippen LogP contribution in [0.1, 0.15) is 5.56 Å². The first-order chi connectivity index (χ1) is 8.13. The molecular formula is C10H7ClN4OS. The summed E-state index contributed by atoms with van der Waals surface area (Å²) in [7, 11) is 1.60. The van der Waals surface area contributed by atoms with Crippen LogP contribution in [-0.4, -0.2) is 14.8 Å². The standard InChI is InChI=1S/C10H7ClN4OS/c1-15-9(16)13-14-10(15)17-8-4-2-3-7(11)6(8)5-12/h2-4H,1H3,(H,13,16). The fourth-order valence-corrected chi connectivity index (χ4v) is 2.40. The maximum Gasteiger partial charge on any atom is 0.343 e. The molecule has 0 amide bonds. The Kier molecular flexibility index (Phi) is 3.22. The number of aromatic nitrogens is 3. The predicted octanol–water partition coefficient (Wildman–Crippen LogP) is 1.78. The SMILES string of the molecule is Cn1c(Sc2cccc(Cl)c2C#N)n[nH]c1=O. The molecule has 0 bridgehead atoms. The second-order valence-corrected chi connectivity index (χ2v) is 4.61. The second-order valence-electron chi connectivity index (χ2n) is 3.20. The maximum absolute atomic E-state index is 11.2. The third-order valence-electron chi connectivity index (χ3n) is 2.13. The summed E-state index contributed by atoms with van der Waals surface area (Å²) < 4.78 is 1.37. The van der Waals surface area contributed by atoms with Crippen LogP contribution >= 0.6 is 23.4 Å². The summed E-state index contributed by atoms with van der Waals surface area (Å²) in [6.07, 6.45) is 0. The van der Waals surface area contributed by atoms with Gasteiger partial charge in [-0.1, -0.05) is 17.7 Å². The smallest absolute Gasteiger partial charge is 0.273 e. The number of nitrogens with one attached hydrogen (secondary N) is 1. The number of hydrogen-bond acceptors (Lipinski definition) is 4. The maximum atomic E-state index is 11.2. The second kappa shape index (κ2) is 4.65. The van der Waals surface area contributed by atoms with Gasteiger partial charge in [0.05, 0.1) is 10.6 Å². The molecule has 1 aromatic carbocycles. The zero-order chi connectivity index (χ0) is 12.4. The molecule has 0 aliphatic rings. The summed E-state index contributed by atoms with van der Waals surface area (Å²) >= 11 is 7.12. The molecule has 0 atom stereocenters. The van der Waals surface area contributed by atoms with Gasteiger partial charge in [0.1, 0.15) is 6.07 Å². The van der Waals surface area contributed by atoms with E-state index >= 15 is 0 Å². The van der Waals surface area contributed by atoms with Crippen molar-refractivity contribution in [1.82, 2.24) is 14.8 Å². The van der Waals surface area contributed by atoms with Gasteiger partial charge in [0.25, 0.3) is 0 Å². The van der Waals surface area contributed by atoms with E-state index in [1.165, 1.54) is 16.3 Å². The molecule has 0 saturated heterocycles. The average molecular weight is 267 g/mol. The van der Waals surface area contributed by atoms with Crippen LogP contribution in [0.5, 0.6) is 0 Å². The zero-order valence-electron chi connectivity index (χ0n) is 8.77. The van der Waals surface area contributed by atoms with Crippen molar-refractivity contribution in [3.05, 3.63) is 39.3 Å². The number of aromatic amines is 1. The van der Waals surface area contributed by atoms with E-state index in [2.05, 4.69) is 10.2 Å². The third-order valence-corrected chi connectivity index (χ3v) is 3.55. The quantitative estimate of drug-likeness (QED) is 0.899. The molecule has 1 aromatic heterocycles. The van der Waals surface area contributed by atoms with Gasteiger partial charge in [-0.25, -0.2) is 9.89 Å². The normalized spacial score (nSPS) is 10.2. The summed E-state index contributed by atoms with van der Waals surface area (Å²) in [6, 6.07) is 7.18. The number of halogens is 1. The van der Waals surface area contributed by atoms with Gasteiger partial charge in [0.15, 0.2) is 5.16 Å². The lowest BCUT2D eigenvalue weighted by atomic mass is 10.2. The van der Waals surface area contributed by atoms with E-state index in [4.69, 9.17) is 16.9 Å². The van der Waals surface area contributed by atoms with Gasteiger partial charge in [0, 0.05) is 11.9 Å². The van der Waals surface area contributed by atoms with Crippen LogP contribution in [-0.2, 0) is 7.05 Å². The van der Waals surface area contributed by atoms with E-state index in [0.29, 0.717) is 20.6 Å². The summed E-state index contributed by atoms with van der Waals surface area (Å²) in [6.45, 7) is 0. The Labute approximate surface area is 106 Å². The summed E-state index contributed by atoms with van der Waals surface area (Å²) in [5, 5.41) is 16.1. The largest absolute Gasteiger partial charge is 0.343 e. The van der Waals surface area contributed by atoms with Crippen molar-refractivity contribution >= 4 is 23.4 Å². The Bertz CT molecular complexity index is 655. The molecule has 0 spiro atoms. The lowest BCUT2D eigenvalue weighted by molar-refractivity contribution is 0.766. The molecule has 5 nitrogen and oxygen atoms in total. The molecule has 2 aromatic rings. The Morgan fingerprint density at radius 3 is 2.94 bits per heavy atom. The highest BCUT2D eigenvalue weighted by atomic mass is 35.5. The predicted molar refractivity (Wildman–Crippen MR) is 64.1 cm³/mol. The highest BCUT2D eigenvalue weighted by Gasteiger charge is 2.11. The molecule has 0 fully saturated rings. The molecule has 0 saturated carbocycles. The van der Waals surface area contributed by atoms with Crippen LogP contribution < -0.4 is 5.69 Å². The summed E-state index contributed by atoms with van der Waals surface area (Å²) in [4.78, 5) is 11.9.